The number of carbonyl (C=O) groups excluding carboxylic acids is 1. The lowest BCUT2D eigenvalue weighted by atomic mass is 10.1. The zero-order valence-electron chi connectivity index (χ0n) is 13.1. The molecule has 0 bridgehead atoms. The molecule has 0 saturated heterocycles. The minimum atomic E-state index is -0.0359. The number of pyridine rings is 1. The molecule has 0 saturated carbocycles. The van der Waals surface area contributed by atoms with Gasteiger partial charge >= 0.3 is 0 Å². The first-order chi connectivity index (χ1) is 10.7. The maximum absolute atomic E-state index is 12.7. The molecule has 0 aliphatic heterocycles. The third kappa shape index (κ3) is 5.63. The van der Waals surface area contributed by atoms with Gasteiger partial charge in [0.2, 0.25) is 0 Å². The molecule has 2 aromatic rings. The Kier molecular flexibility index (Phi) is 8.26. The summed E-state index contributed by atoms with van der Waals surface area (Å²) in [5.74, 6) is -0.0359. The van der Waals surface area contributed by atoms with Gasteiger partial charge in [-0.3, -0.25) is 9.78 Å². The molecule has 0 fully saturated rings. The van der Waals surface area contributed by atoms with E-state index in [0.717, 1.165) is 11.3 Å². The van der Waals surface area contributed by atoms with Crippen LogP contribution in [-0.2, 0) is 17.8 Å². The van der Waals surface area contributed by atoms with Gasteiger partial charge in [0.15, 0.2) is 0 Å². The minimum Gasteiger partial charge on any atom is -0.383 e. The van der Waals surface area contributed by atoms with Crippen LogP contribution in [0.15, 0.2) is 48.7 Å². The van der Waals surface area contributed by atoms with E-state index in [9.17, 15) is 4.79 Å². The number of nitrogens with two attached hydrogens (primary N) is 1. The molecule has 0 spiro atoms. The second-order valence-electron chi connectivity index (χ2n) is 4.94. The van der Waals surface area contributed by atoms with Crippen LogP contribution in [0.3, 0.4) is 0 Å². The number of methoxy groups -OCH3 is 1. The monoisotopic (exact) mass is 335 g/mol. The van der Waals surface area contributed by atoms with Gasteiger partial charge in [0, 0.05) is 32.0 Å². The standard InChI is InChI=1S/C17H21N3O2.ClH/c1-22-11-10-20(13-16-4-2-3-9-19-16)17(21)15-7-5-14(12-18)6-8-15;/h2-9H,10-13,18H2,1H3;1H. The number of hydrogen-bond acceptors (Lipinski definition) is 4. The predicted molar refractivity (Wildman–Crippen MR) is 92.4 cm³/mol. The average Bonchev–Trinajstić information content (AvgIpc) is 2.59. The second-order valence-corrected chi connectivity index (χ2v) is 4.94. The zero-order valence-corrected chi connectivity index (χ0v) is 14.0. The average molecular weight is 336 g/mol. The quantitative estimate of drug-likeness (QED) is 0.842. The summed E-state index contributed by atoms with van der Waals surface area (Å²) >= 11 is 0. The number of benzene rings is 1. The number of amides is 1. The highest BCUT2D eigenvalue weighted by Gasteiger charge is 2.16. The van der Waals surface area contributed by atoms with Crippen LogP contribution >= 0.6 is 12.4 Å². The summed E-state index contributed by atoms with van der Waals surface area (Å²) in [6.45, 7) is 1.93. The molecular formula is C17H22ClN3O2. The summed E-state index contributed by atoms with van der Waals surface area (Å²) in [7, 11) is 1.62. The highest BCUT2D eigenvalue weighted by molar-refractivity contribution is 5.94. The maximum Gasteiger partial charge on any atom is 0.254 e. The number of ether oxygens (including phenoxy) is 1. The SMILES string of the molecule is COCCN(Cc1ccccn1)C(=O)c1ccc(CN)cc1.Cl. The lowest BCUT2D eigenvalue weighted by Crippen LogP contribution is -2.33. The van der Waals surface area contributed by atoms with Gasteiger partial charge in [-0.2, -0.15) is 0 Å². The van der Waals surface area contributed by atoms with Crippen LogP contribution in [0.5, 0.6) is 0 Å². The predicted octanol–water partition coefficient (Wildman–Crippen LogP) is 2.25. The number of halogens is 1. The van der Waals surface area contributed by atoms with E-state index in [0.29, 0.717) is 31.8 Å². The summed E-state index contributed by atoms with van der Waals surface area (Å²) in [5.41, 5.74) is 8.08. The van der Waals surface area contributed by atoms with Gasteiger partial charge in [0.25, 0.3) is 5.91 Å². The normalized spacial score (nSPS) is 10.0. The van der Waals surface area contributed by atoms with Crippen LogP contribution in [0, 0.1) is 0 Å². The lowest BCUT2D eigenvalue weighted by molar-refractivity contribution is 0.0678. The van der Waals surface area contributed by atoms with Crippen LogP contribution in [0.4, 0.5) is 0 Å². The Morgan fingerprint density at radius 1 is 1.22 bits per heavy atom. The number of hydrogen-bond donors (Lipinski definition) is 1. The van der Waals surface area contributed by atoms with Gasteiger partial charge in [-0.25, -0.2) is 0 Å². The molecular weight excluding hydrogens is 314 g/mol. The number of nitrogens with zero attached hydrogens (tertiary/aromatic N) is 2. The fraction of sp³-hybridized carbons (Fsp3) is 0.294. The van der Waals surface area contributed by atoms with Crippen molar-refractivity contribution in [3.63, 3.8) is 0 Å². The summed E-state index contributed by atoms with van der Waals surface area (Å²) < 4.78 is 5.10. The van der Waals surface area contributed by atoms with Crippen LogP contribution in [-0.4, -0.2) is 36.1 Å². The molecule has 0 unspecified atom stereocenters. The van der Waals surface area contributed by atoms with Crippen LogP contribution in [0.25, 0.3) is 0 Å². The molecule has 5 nitrogen and oxygen atoms in total. The summed E-state index contributed by atoms with van der Waals surface area (Å²) in [5, 5.41) is 0. The lowest BCUT2D eigenvalue weighted by Gasteiger charge is -2.22. The molecule has 1 amide bonds. The van der Waals surface area contributed by atoms with E-state index in [1.54, 1.807) is 18.2 Å². The van der Waals surface area contributed by atoms with Gasteiger partial charge in [-0.1, -0.05) is 18.2 Å². The largest absolute Gasteiger partial charge is 0.383 e. The van der Waals surface area contributed by atoms with E-state index in [1.165, 1.54) is 0 Å². The highest BCUT2D eigenvalue weighted by atomic mass is 35.5. The van der Waals surface area contributed by atoms with Crippen molar-refractivity contribution in [3.8, 4) is 0 Å². The Morgan fingerprint density at radius 2 is 1.96 bits per heavy atom. The topological polar surface area (TPSA) is 68.5 Å². The first-order valence-electron chi connectivity index (χ1n) is 7.21. The molecule has 0 aliphatic carbocycles. The van der Waals surface area contributed by atoms with Crippen molar-refractivity contribution in [2.75, 3.05) is 20.3 Å². The molecule has 2 N–H and O–H groups in total. The van der Waals surface area contributed by atoms with E-state index in [4.69, 9.17) is 10.5 Å². The summed E-state index contributed by atoms with van der Waals surface area (Å²) in [6, 6.07) is 13.1. The van der Waals surface area contributed by atoms with E-state index < -0.39 is 0 Å². The highest BCUT2D eigenvalue weighted by Crippen LogP contribution is 2.10. The van der Waals surface area contributed by atoms with Gasteiger partial charge in [-0.15, -0.1) is 12.4 Å². The molecule has 0 aliphatic rings. The molecule has 0 atom stereocenters. The van der Waals surface area contributed by atoms with Crippen molar-refractivity contribution in [2.45, 2.75) is 13.1 Å². The second kappa shape index (κ2) is 9.94. The molecule has 1 heterocycles. The van der Waals surface area contributed by atoms with Crippen molar-refractivity contribution < 1.29 is 9.53 Å². The van der Waals surface area contributed by atoms with Gasteiger partial charge < -0.3 is 15.4 Å². The Balaban J connectivity index is 0.00000264. The fourth-order valence-electron chi connectivity index (χ4n) is 2.11. The van der Waals surface area contributed by atoms with Crippen molar-refractivity contribution in [1.82, 2.24) is 9.88 Å². The van der Waals surface area contributed by atoms with Crippen LogP contribution in [0.2, 0.25) is 0 Å². The molecule has 0 radical (unpaired) electrons. The number of carbonyl (C=O) groups is 1. The summed E-state index contributed by atoms with van der Waals surface area (Å²) in [4.78, 5) is 18.7. The van der Waals surface area contributed by atoms with Crippen LogP contribution < -0.4 is 5.73 Å². The molecule has 23 heavy (non-hydrogen) atoms. The molecule has 6 heteroatoms. The molecule has 2 rings (SSSR count). The first-order valence-corrected chi connectivity index (χ1v) is 7.21. The maximum atomic E-state index is 12.7. The van der Waals surface area contributed by atoms with Gasteiger partial charge in [0.05, 0.1) is 18.8 Å². The van der Waals surface area contributed by atoms with Gasteiger partial charge in [-0.05, 0) is 29.8 Å². The Bertz CT molecular complexity index is 591. The van der Waals surface area contributed by atoms with Crippen molar-refractivity contribution in [3.05, 3.63) is 65.5 Å². The van der Waals surface area contributed by atoms with E-state index in [-0.39, 0.29) is 18.3 Å². The molecule has 1 aromatic heterocycles. The molecule has 124 valence electrons. The van der Waals surface area contributed by atoms with Gasteiger partial charge in [0.1, 0.15) is 0 Å². The molecule has 1 aromatic carbocycles. The Morgan fingerprint density at radius 3 is 2.52 bits per heavy atom. The van der Waals surface area contributed by atoms with Crippen LogP contribution in [0.1, 0.15) is 21.6 Å². The van der Waals surface area contributed by atoms with Crippen molar-refractivity contribution >= 4 is 18.3 Å². The zero-order chi connectivity index (χ0) is 15.8. The fourth-order valence-corrected chi connectivity index (χ4v) is 2.11. The van der Waals surface area contributed by atoms with Crippen molar-refractivity contribution in [2.24, 2.45) is 5.73 Å². The number of rotatable bonds is 7. The van der Waals surface area contributed by atoms with Crippen molar-refractivity contribution in [1.29, 1.82) is 0 Å². The van der Waals surface area contributed by atoms with E-state index >= 15 is 0 Å². The third-order valence-electron chi connectivity index (χ3n) is 3.37. The van der Waals surface area contributed by atoms with E-state index in [1.807, 2.05) is 42.5 Å². The first kappa shape index (κ1) is 19.1. The smallest absolute Gasteiger partial charge is 0.254 e. The Hall–Kier alpha value is -1.95. The summed E-state index contributed by atoms with van der Waals surface area (Å²) in [6.07, 6.45) is 1.73. The number of aromatic nitrogens is 1. The minimum absolute atomic E-state index is 0. The van der Waals surface area contributed by atoms with E-state index in [2.05, 4.69) is 4.98 Å². The Labute approximate surface area is 142 Å². The third-order valence-corrected chi connectivity index (χ3v) is 3.37.